The molecule has 1 aromatic heterocycles. The van der Waals surface area contributed by atoms with E-state index >= 15 is 0 Å². The number of anilines is 1. The Morgan fingerprint density at radius 1 is 1.42 bits per heavy atom. The molecule has 1 atom stereocenters. The van der Waals surface area contributed by atoms with Crippen LogP contribution in [0.15, 0.2) is 18.3 Å². The number of rotatable bonds is 6. The molecule has 0 aliphatic carbocycles. The molecule has 0 aliphatic heterocycles. The molecule has 0 saturated carbocycles. The van der Waals surface area contributed by atoms with E-state index in [4.69, 9.17) is 0 Å². The number of aromatic nitrogens is 1. The van der Waals surface area contributed by atoms with Gasteiger partial charge < -0.3 is 10.2 Å². The van der Waals surface area contributed by atoms with Gasteiger partial charge in [-0.2, -0.15) is 0 Å². The van der Waals surface area contributed by atoms with Gasteiger partial charge in [-0.3, -0.25) is 4.79 Å². The van der Waals surface area contributed by atoms with Crippen molar-refractivity contribution in [2.45, 2.75) is 40.2 Å². The maximum atomic E-state index is 12.4. The molecule has 1 aromatic rings. The van der Waals surface area contributed by atoms with Crippen LogP contribution in [0.2, 0.25) is 0 Å². The lowest BCUT2D eigenvalue weighted by molar-refractivity contribution is 0.0728. The van der Waals surface area contributed by atoms with Crippen molar-refractivity contribution in [3.05, 3.63) is 23.9 Å². The van der Waals surface area contributed by atoms with E-state index in [9.17, 15) is 4.79 Å². The largest absolute Gasteiger partial charge is 0.370 e. The summed E-state index contributed by atoms with van der Waals surface area (Å²) in [7, 11) is 1.86. The highest BCUT2D eigenvalue weighted by Gasteiger charge is 2.18. The summed E-state index contributed by atoms with van der Waals surface area (Å²) in [5.74, 6) is 1.38. The third-order valence-electron chi connectivity index (χ3n) is 3.16. The molecule has 0 bridgehead atoms. The number of nitrogens with zero attached hydrogens (tertiary/aromatic N) is 2. The average Bonchev–Trinajstić information content (AvgIpc) is 2.37. The summed E-state index contributed by atoms with van der Waals surface area (Å²) in [6, 6.07) is 3.81. The van der Waals surface area contributed by atoms with E-state index in [0.29, 0.717) is 11.5 Å². The lowest BCUT2D eigenvalue weighted by Gasteiger charge is -2.26. The zero-order chi connectivity index (χ0) is 14.4. The molecule has 0 spiro atoms. The first kappa shape index (κ1) is 15.5. The standard InChI is InChI=1S/C15H25N3O/c1-6-16-14-10-13(7-8-17-14)15(19)18(5)12(4)9-11(2)3/h7-8,10-12H,6,9H2,1-5H3,(H,16,17). The van der Waals surface area contributed by atoms with Gasteiger partial charge in [0.15, 0.2) is 0 Å². The maximum absolute atomic E-state index is 12.4. The number of hydrogen-bond acceptors (Lipinski definition) is 3. The molecule has 0 aromatic carbocycles. The van der Waals surface area contributed by atoms with Crippen LogP contribution in [0.3, 0.4) is 0 Å². The van der Waals surface area contributed by atoms with Crippen LogP contribution in [-0.4, -0.2) is 35.4 Å². The quantitative estimate of drug-likeness (QED) is 0.858. The minimum Gasteiger partial charge on any atom is -0.370 e. The molecule has 106 valence electrons. The van der Waals surface area contributed by atoms with Gasteiger partial charge in [-0.05, 0) is 38.3 Å². The lowest BCUT2D eigenvalue weighted by Crippen LogP contribution is -2.35. The second-order valence-electron chi connectivity index (χ2n) is 5.35. The van der Waals surface area contributed by atoms with Crippen molar-refractivity contribution in [3.8, 4) is 0 Å². The number of amides is 1. The van der Waals surface area contributed by atoms with Gasteiger partial charge in [0, 0.05) is 31.4 Å². The predicted molar refractivity (Wildman–Crippen MR) is 79.4 cm³/mol. The van der Waals surface area contributed by atoms with Crippen molar-refractivity contribution in [3.63, 3.8) is 0 Å². The normalized spacial score (nSPS) is 12.3. The van der Waals surface area contributed by atoms with Crippen molar-refractivity contribution in [1.82, 2.24) is 9.88 Å². The van der Waals surface area contributed by atoms with E-state index in [1.165, 1.54) is 0 Å². The Labute approximate surface area is 116 Å². The summed E-state index contributed by atoms with van der Waals surface area (Å²) in [6.45, 7) is 9.23. The molecular formula is C15H25N3O. The Morgan fingerprint density at radius 3 is 2.68 bits per heavy atom. The van der Waals surface area contributed by atoms with Gasteiger partial charge in [0.25, 0.3) is 5.91 Å². The Kier molecular flexibility index (Phi) is 5.80. The third-order valence-corrected chi connectivity index (χ3v) is 3.16. The summed E-state index contributed by atoms with van der Waals surface area (Å²) < 4.78 is 0. The summed E-state index contributed by atoms with van der Waals surface area (Å²) in [4.78, 5) is 18.4. The van der Waals surface area contributed by atoms with Crippen LogP contribution < -0.4 is 5.32 Å². The molecule has 0 radical (unpaired) electrons. The SMILES string of the molecule is CCNc1cc(C(=O)N(C)C(C)CC(C)C)ccn1. The minimum atomic E-state index is 0.0507. The van der Waals surface area contributed by atoms with Gasteiger partial charge in [0.2, 0.25) is 0 Å². The minimum absolute atomic E-state index is 0.0507. The highest BCUT2D eigenvalue weighted by Crippen LogP contribution is 2.14. The van der Waals surface area contributed by atoms with Crippen molar-refractivity contribution < 1.29 is 4.79 Å². The van der Waals surface area contributed by atoms with Crippen LogP contribution in [0, 0.1) is 5.92 Å². The highest BCUT2D eigenvalue weighted by atomic mass is 16.2. The fourth-order valence-corrected chi connectivity index (χ4v) is 2.09. The van der Waals surface area contributed by atoms with E-state index in [2.05, 4.69) is 31.1 Å². The Hall–Kier alpha value is -1.58. The second kappa shape index (κ2) is 7.12. The van der Waals surface area contributed by atoms with E-state index in [1.54, 1.807) is 12.3 Å². The number of carbonyl (C=O) groups is 1. The first-order chi connectivity index (χ1) is 8.95. The fraction of sp³-hybridized carbons (Fsp3) is 0.600. The van der Waals surface area contributed by atoms with Crippen molar-refractivity contribution >= 4 is 11.7 Å². The highest BCUT2D eigenvalue weighted by molar-refractivity contribution is 5.94. The van der Waals surface area contributed by atoms with Gasteiger partial charge >= 0.3 is 0 Å². The number of carbonyl (C=O) groups excluding carboxylic acids is 1. The van der Waals surface area contributed by atoms with Crippen molar-refractivity contribution in [2.24, 2.45) is 5.92 Å². The van der Waals surface area contributed by atoms with Gasteiger partial charge in [-0.15, -0.1) is 0 Å². The summed E-state index contributed by atoms with van der Waals surface area (Å²) in [6.07, 6.45) is 2.68. The predicted octanol–water partition coefficient (Wildman–Crippen LogP) is 3.02. The zero-order valence-electron chi connectivity index (χ0n) is 12.6. The van der Waals surface area contributed by atoms with Crippen LogP contribution in [0.4, 0.5) is 5.82 Å². The molecule has 1 heterocycles. The first-order valence-corrected chi connectivity index (χ1v) is 6.92. The van der Waals surface area contributed by atoms with Gasteiger partial charge in [-0.25, -0.2) is 4.98 Å². The second-order valence-corrected chi connectivity index (χ2v) is 5.35. The van der Waals surface area contributed by atoms with E-state index < -0.39 is 0 Å². The Balaban J connectivity index is 2.78. The van der Waals surface area contributed by atoms with Gasteiger partial charge in [0.1, 0.15) is 5.82 Å². The van der Waals surface area contributed by atoms with Crippen LogP contribution in [-0.2, 0) is 0 Å². The van der Waals surface area contributed by atoms with Gasteiger partial charge in [0.05, 0.1) is 0 Å². The Bertz CT molecular complexity index is 418. The summed E-state index contributed by atoms with van der Waals surface area (Å²) in [5, 5.41) is 3.12. The molecule has 4 heteroatoms. The molecule has 0 aliphatic rings. The van der Waals surface area contributed by atoms with E-state index in [0.717, 1.165) is 18.8 Å². The summed E-state index contributed by atoms with van der Waals surface area (Å²) >= 11 is 0. The van der Waals surface area contributed by atoms with E-state index in [1.807, 2.05) is 24.9 Å². The van der Waals surface area contributed by atoms with Crippen LogP contribution in [0.25, 0.3) is 0 Å². The molecule has 0 saturated heterocycles. The average molecular weight is 263 g/mol. The zero-order valence-corrected chi connectivity index (χ0v) is 12.6. The molecule has 19 heavy (non-hydrogen) atoms. The third kappa shape index (κ3) is 4.54. The molecule has 4 nitrogen and oxygen atoms in total. The molecule has 1 N–H and O–H groups in total. The molecule has 0 fully saturated rings. The molecule has 1 rings (SSSR count). The number of nitrogens with one attached hydrogen (secondary N) is 1. The summed E-state index contributed by atoms with van der Waals surface area (Å²) in [5.41, 5.74) is 0.684. The van der Waals surface area contributed by atoms with Crippen molar-refractivity contribution in [2.75, 3.05) is 18.9 Å². The molecule has 1 amide bonds. The van der Waals surface area contributed by atoms with Crippen LogP contribution in [0.5, 0.6) is 0 Å². The van der Waals surface area contributed by atoms with Gasteiger partial charge in [-0.1, -0.05) is 13.8 Å². The molecular weight excluding hydrogens is 238 g/mol. The van der Waals surface area contributed by atoms with E-state index in [-0.39, 0.29) is 11.9 Å². The smallest absolute Gasteiger partial charge is 0.254 e. The first-order valence-electron chi connectivity index (χ1n) is 6.92. The number of pyridine rings is 1. The molecule has 1 unspecified atom stereocenters. The fourth-order valence-electron chi connectivity index (χ4n) is 2.09. The Morgan fingerprint density at radius 2 is 2.11 bits per heavy atom. The topological polar surface area (TPSA) is 45.2 Å². The number of hydrogen-bond donors (Lipinski definition) is 1. The van der Waals surface area contributed by atoms with Crippen molar-refractivity contribution in [1.29, 1.82) is 0 Å². The van der Waals surface area contributed by atoms with Crippen LogP contribution in [0.1, 0.15) is 44.5 Å². The lowest BCUT2D eigenvalue weighted by atomic mass is 10.0. The monoisotopic (exact) mass is 263 g/mol. The maximum Gasteiger partial charge on any atom is 0.254 e. The van der Waals surface area contributed by atoms with Crippen LogP contribution >= 0.6 is 0 Å².